The fourth-order valence-electron chi connectivity index (χ4n) is 3.61. The summed E-state index contributed by atoms with van der Waals surface area (Å²) >= 11 is 0. The van der Waals surface area contributed by atoms with Gasteiger partial charge in [-0.25, -0.2) is 0 Å². The Labute approximate surface area is 169 Å². The molecule has 1 aromatic carbocycles. The second-order valence-electron chi connectivity index (χ2n) is 7.28. The SMILES string of the molecule is O=C(Cn1nnc(-c2cccnc2)n1)N[C@H](CN1CCCCC1)c1ccccc1. The molecule has 1 saturated heterocycles. The lowest BCUT2D eigenvalue weighted by molar-refractivity contribution is -0.123. The number of hydrogen-bond acceptors (Lipinski definition) is 6. The highest BCUT2D eigenvalue weighted by Crippen LogP contribution is 2.18. The molecule has 3 aromatic rings. The average Bonchev–Trinajstić information content (AvgIpc) is 3.24. The Morgan fingerprint density at radius 3 is 2.66 bits per heavy atom. The number of piperidine rings is 1. The molecule has 150 valence electrons. The molecule has 0 radical (unpaired) electrons. The smallest absolute Gasteiger partial charge is 0.244 e. The van der Waals surface area contributed by atoms with Crippen LogP contribution in [0.15, 0.2) is 54.9 Å². The number of amides is 1. The molecule has 3 heterocycles. The molecule has 0 saturated carbocycles. The maximum absolute atomic E-state index is 12.7. The second-order valence-corrected chi connectivity index (χ2v) is 7.28. The highest BCUT2D eigenvalue weighted by atomic mass is 16.2. The number of carbonyl (C=O) groups excluding carboxylic acids is 1. The van der Waals surface area contributed by atoms with Gasteiger partial charge in [0.15, 0.2) is 0 Å². The molecule has 0 aliphatic carbocycles. The lowest BCUT2D eigenvalue weighted by atomic mass is 10.0. The summed E-state index contributed by atoms with van der Waals surface area (Å²) in [5, 5.41) is 15.5. The fraction of sp³-hybridized carbons (Fsp3) is 0.381. The highest BCUT2D eigenvalue weighted by Gasteiger charge is 2.20. The molecule has 8 heteroatoms. The van der Waals surface area contributed by atoms with E-state index >= 15 is 0 Å². The Kier molecular flexibility index (Phi) is 6.21. The molecule has 1 aliphatic rings. The van der Waals surface area contributed by atoms with Crippen molar-refractivity contribution in [2.45, 2.75) is 31.8 Å². The number of carbonyl (C=O) groups is 1. The van der Waals surface area contributed by atoms with Crippen molar-refractivity contribution in [1.82, 2.24) is 35.4 Å². The number of aromatic nitrogens is 5. The average molecular weight is 391 g/mol. The van der Waals surface area contributed by atoms with Gasteiger partial charge in [0.1, 0.15) is 6.54 Å². The van der Waals surface area contributed by atoms with Crippen LogP contribution in [-0.4, -0.2) is 55.6 Å². The van der Waals surface area contributed by atoms with Crippen molar-refractivity contribution in [1.29, 1.82) is 0 Å². The zero-order valence-electron chi connectivity index (χ0n) is 16.3. The van der Waals surface area contributed by atoms with E-state index in [9.17, 15) is 4.79 Å². The van der Waals surface area contributed by atoms with Gasteiger partial charge in [-0.15, -0.1) is 10.2 Å². The molecule has 1 amide bonds. The third kappa shape index (κ3) is 5.23. The molecule has 4 rings (SSSR count). The van der Waals surface area contributed by atoms with Gasteiger partial charge in [0.2, 0.25) is 11.7 Å². The van der Waals surface area contributed by atoms with Gasteiger partial charge in [-0.05, 0) is 48.8 Å². The summed E-state index contributed by atoms with van der Waals surface area (Å²) < 4.78 is 0. The van der Waals surface area contributed by atoms with Gasteiger partial charge in [-0.2, -0.15) is 4.80 Å². The third-order valence-corrected chi connectivity index (χ3v) is 5.08. The van der Waals surface area contributed by atoms with Crippen LogP contribution in [0.2, 0.25) is 0 Å². The van der Waals surface area contributed by atoms with Crippen molar-refractivity contribution in [2.24, 2.45) is 0 Å². The van der Waals surface area contributed by atoms with Crippen LogP contribution in [0, 0.1) is 0 Å². The molecule has 1 fully saturated rings. The first-order valence-corrected chi connectivity index (χ1v) is 10.0. The number of nitrogens with one attached hydrogen (secondary N) is 1. The summed E-state index contributed by atoms with van der Waals surface area (Å²) in [6.07, 6.45) is 7.08. The van der Waals surface area contributed by atoms with E-state index in [4.69, 9.17) is 0 Å². The number of tetrazole rings is 1. The Balaban J connectivity index is 1.41. The van der Waals surface area contributed by atoms with E-state index in [0.717, 1.165) is 30.8 Å². The summed E-state index contributed by atoms with van der Waals surface area (Å²) in [5.41, 5.74) is 1.88. The number of nitrogens with zero attached hydrogens (tertiary/aromatic N) is 6. The minimum absolute atomic E-state index is 0.0244. The second kappa shape index (κ2) is 9.38. The van der Waals surface area contributed by atoms with Crippen LogP contribution in [0.5, 0.6) is 0 Å². The number of pyridine rings is 1. The van der Waals surface area contributed by atoms with E-state index in [1.54, 1.807) is 12.4 Å². The number of hydrogen-bond donors (Lipinski definition) is 1. The monoisotopic (exact) mass is 391 g/mol. The maximum Gasteiger partial charge on any atom is 0.244 e. The summed E-state index contributed by atoms with van der Waals surface area (Å²) in [4.78, 5) is 20.5. The van der Waals surface area contributed by atoms with Crippen LogP contribution >= 0.6 is 0 Å². The summed E-state index contributed by atoms with van der Waals surface area (Å²) in [6, 6.07) is 13.7. The van der Waals surface area contributed by atoms with Crippen molar-refractivity contribution in [2.75, 3.05) is 19.6 Å². The minimum Gasteiger partial charge on any atom is -0.346 e. The van der Waals surface area contributed by atoms with Gasteiger partial charge in [0.05, 0.1) is 6.04 Å². The van der Waals surface area contributed by atoms with E-state index in [-0.39, 0.29) is 18.5 Å². The molecule has 1 atom stereocenters. The van der Waals surface area contributed by atoms with Crippen molar-refractivity contribution < 1.29 is 4.79 Å². The van der Waals surface area contributed by atoms with Crippen LogP contribution in [0.25, 0.3) is 11.4 Å². The standard InChI is InChI=1S/C21H25N7O/c29-20(16-28-25-21(24-26-28)18-10-7-11-22-14-18)23-19(17-8-3-1-4-9-17)15-27-12-5-2-6-13-27/h1,3-4,7-11,14,19H,2,5-6,12-13,15-16H2,(H,23,29)/t19-/m1/s1. The molecule has 8 nitrogen and oxygen atoms in total. The Morgan fingerprint density at radius 2 is 1.90 bits per heavy atom. The minimum atomic E-state index is -0.133. The van der Waals surface area contributed by atoms with Gasteiger partial charge < -0.3 is 10.2 Å². The number of rotatable bonds is 7. The zero-order valence-corrected chi connectivity index (χ0v) is 16.3. The zero-order chi connectivity index (χ0) is 19.9. The Bertz CT molecular complexity index is 907. The first-order chi connectivity index (χ1) is 14.3. The quantitative estimate of drug-likeness (QED) is 0.663. The predicted molar refractivity (Wildman–Crippen MR) is 109 cm³/mol. The largest absolute Gasteiger partial charge is 0.346 e. The van der Waals surface area contributed by atoms with E-state index in [1.807, 2.05) is 30.3 Å². The normalized spacial score (nSPS) is 15.7. The van der Waals surface area contributed by atoms with Crippen LogP contribution in [0.4, 0.5) is 0 Å². The molecule has 1 aliphatic heterocycles. The van der Waals surface area contributed by atoms with E-state index in [1.165, 1.54) is 24.1 Å². The molecule has 0 spiro atoms. The van der Waals surface area contributed by atoms with Crippen molar-refractivity contribution in [3.8, 4) is 11.4 Å². The number of likely N-dealkylation sites (tertiary alicyclic amines) is 1. The number of benzene rings is 1. The summed E-state index contributed by atoms with van der Waals surface area (Å²) in [6.45, 7) is 2.99. The lowest BCUT2D eigenvalue weighted by Gasteiger charge is -2.31. The molecule has 29 heavy (non-hydrogen) atoms. The topological polar surface area (TPSA) is 88.8 Å². The van der Waals surface area contributed by atoms with Crippen molar-refractivity contribution >= 4 is 5.91 Å². The molecule has 1 N–H and O–H groups in total. The third-order valence-electron chi connectivity index (χ3n) is 5.08. The van der Waals surface area contributed by atoms with E-state index in [2.05, 4.69) is 42.7 Å². The van der Waals surface area contributed by atoms with Crippen LogP contribution in [0.3, 0.4) is 0 Å². The van der Waals surface area contributed by atoms with Gasteiger partial charge in [0.25, 0.3) is 0 Å². The molecule has 2 aromatic heterocycles. The van der Waals surface area contributed by atoms with Gasteiger partial charge in [0, 0.05) is 24.5 Å². The van der Waals surface area contributed by atoms with Gasteiger partial charge in [-0.1, -0.05) is 36.8 Å². The van der Waals surface area contributed by atoms with Gasteiger partial charge >= 0.3 is 0 Å². The van der Waals surface area contributed by atoms with Crippen molar-refractivity contribution in [3.63, 3.8) is 0 Å². The predicted octanol–water partition coefficient (Wildman–Crippen LogP) is 2.08. The molecule has 0 bridgehead atoms. The molecular weight excluding hydrogens is 366 g/mol. The van der Waals surface area contributed by atoms with Crippen LogP contribution in [0.1, 0.15) is 30.9 Å². The molecule has 0 unspecified atom stereocenters. The maximum atomic E-state index is 12.7. The summed E-state index contributed by atoms with van der Waals surface area (Å²) in [5.74, 6) is 0.324. The van der Waals surface area contributed by atoms with E-state index in [0.29, 0.717) is 5.82 Å². The van der Waals surface area contributed by atoms with Crippen LogP contribution in [-0.2, 0) is 11.3 Å². The van der Waals surface area contributed by atoms with Crippen molar-refractivity contribution in [3.05, 3.63) is 60.4 Å². The highest BCUT2D eigenvalue weighted by molar-refractivity contribution is 5.76. The summed E-state index contributed by atoms with van der Waals surface area (Å²) in [7, 11) is 0. The Morgan fingerprint density at radius 1 is 1.07 bits per heavy atom. The first kappa shape index (κ1) is 19.2. The lowest BCUT2D eigenvalue weighted by Crippen LogP contribution is -2.41. The first-order valence-electron chi connectivity index (χ1n) is 10.0. The fourth-order valence-corrected chi connectivity index (χ4v) is 3.61. The van der Waals surface area contributed by atoms with Gasteiger partial charge in [-0.3, -0.25) is 9.78 Å². The van der Waals surface area contributed by atoms with E-state index < -0.39 is 0 Å². The Hall–Kier alpha value is -3.13. The molecular formula is C21H25N7O. The van der Waals surface area contributed by atoms with Crippen LogP contribution < -0.4 is 5.32 Å².